The first-order chi connectivity index (χ1) is 11.8. The number of nitrogens with zero attached hydrogens (tertiary/aromatic N) is 3. The number of carbonyl (C=O) groups excluding carboxylic acids is 1. The quantitative estimate of drug-likeness (QED) is 0.567. The van der Waals surface area contributed by atoms with E-state index in [2.05, 4.69) is 15.5 Å². The first-order valence-electron chi connectivity index (χ1n) is 7.50. The van der Waals surface area contributed by atoms with Gasteiger partial charge in [0.25, 0.3) is 0 Å². The van der Waals surface area contributed by atoms with Crippen molar-refractivity contribution >= 4 is 49.8 Å². The number of sulfonamides is 1. The number of thioether (sulfide) groups is 1. The van der Waals surface area contributed by atoms with E-state index in [0.717, 1.165) is 20.5 Å². The third-order valence-electron chi connectivity index (χ3n) is 3.43. The second-order valence-electron chi connectivity index (χ2n) is 5.38. The maximum absolute atomic E-state index is 12.7. The van der Waals surface area contributed by atoms with Crippen LogP contribution in [0.3, 0.4) is 0 Å². The van der Waals surface area contributed by atoms with Crippen LogP contribution in [0.15, 0.2) is 28.6 Å². The number of carbonyl (C=O) groups is 1. The largest absolute Gasteiger partial charge is 0.299 e. The molecule has 0 bridgehead atoms. The lowest BCUT2D eigenvalue weighted by Gasteiger charge is -2.29. The SMILES string of the molecule is CC[C@H](C(=O)Nc1nnc(SC)s1)N(c1ccc(C)cc1)S(C)(=O)=O. The van der Waals surface area contributed by atoms with Crippen molar-refractivity contribution in [3.05, 3.63) is 29.8 Å². The molecule has 0 saturated heterocycles. The van der Waals surface area contributed by atoms with Crippen molar-refractivity contribution in [1.82, 2.24) is 10.2 Å². The summed E-state index contributed by atoms with van der Waals surface area (Å²) in [7, 11) is -3.64. The summed E-state index contributed by atoms with van der Waals surface area (Å²) in [6, 6.07) is 6.15. The zero-order valence-electron chi connectivity index (χ0n) is 14.4. The number of anilines is 2. The van der Waals surface area contributed by atoms with Gasteiger partial charge >= 0.3 is 0 Å². The minimum absolute atomic E-state index is 0.320. The van der Waals surface area contributed by atoms with Gasteiger partial charge in [-0.1, -0.05) is 47.7 Å². The Morgan fingerprint density at radius 3 is 2.44 bits per heavy atom. The Hall–Kier alpha value is -1.65. The van der Waals surface area contributed by atoms with Gasteiger partial charge in [0.15, 0.2) is 4.34 Å². The van der Waals surface area contributed by atoms with Gasteiger partial charge in [-0.3, -0.25) is 14.4 Å². The molecule has 0 aliphatic heterocycles. The van der Waals surface area contributed by atoms with Crippen molar-refractivity contribution in [2.75, 3.05) is 22.1 Å². The molecule has 25 heavy (non-hydrogen) atoms. The zero-order chi connectivity index (χ0) is 18.6. The molecule has 0 saturated carbocycles. The van der Waals surface area contributed by atoms with Crippen LogP contribution in [-0.4, -0.2) is 43.1 Å². The summed E-state index contributed by atoms with van der Waals surface area (Å²) in [5.74, 6) is -0.433. The highest BCUT2D eigenvalue weighted by Gasteiger charge is 2.32. The van der Waals surface area contributed by atoms with Gasteiger partial charge in [-0.25, -0.2) is 8.42 Å². The van der Waals surface area contributed by atoms with Gasteiger partial charge in [0.05, 0.1) is 11.9 Å². The lowest BCUT2D eigenvalue weighted by molar-refractivity contribution is -0.117. The van der Waals surface area contributed by atoms with Crippen molar-refractivity contribution in [3.63, 3.8) is 0 Å². The van der Waals surface area contributed by atoms with Crippen LogP contribution in [0.1, 0.15) is 18.9 Å². The fraction of sp³-hybridized carbons (Fsp3) is 0.400. The highest BCUT2D eigenvalue weighted by Crippen LogP contribution is 2.26. The molecule has 1 aromatic heterocycles. The van der Waals surface area contributed by atoms with E-state index in [4.69, 9.17) is 0 Å². The second-order valence-corrected chi connectivity index (χ2v) is 9.28. The molecule has 7 nitrogen and oxygen atoms in total. The van der Waals surface area contributed by atoms with Gasteiger partial charge in [-0.15, -0.1) is 10.2 Å². The summed E-state index contributed by atoms with van der Waals surface area (Å²) in [6.07, 6.45) is 3.28. The molecule has 136 valence electrons. The van der Waals surface area contributed by atoms with Crippen LogP contribution in [-0.2, 0) is 14.8 Å². The van der Waals surface area contributed by atoms with E-state index in [0.29, 0.717) is 17.2 Å². The van der Waals surface area contributed by atoms with Gasteiger partial charge in [0, 0.05) is 0 Å². The summed E-state index contributed by atoms with van der Waals surface area (Å²) in [5, 5.41) is 10.8. The molecular formula is C15H20N4O3S3. The third kappa shape index (κ3) is 4.93. The van der Waals surface area contributed by atoms with Crippen LogP contribution in [0.4, 0.5) is 10.8 Å². The van der Waals surface area contributed by atoms with E-state index in [1.54, 1.807) is 19.1 Å². The van der Waals surface area contributed by atoms with Crippen molar-refractivity contribution in [1.29, 1.82) is 0 Å². The molecule has 1 atom stereocenters. The lowest BCUT2D eigenvalue weighted by atomic mass is 10.1. The predicted octanol–water partition coefficient (Wildman–Crippen LogP) is 2.75. The topological polar surface area (TPSA) is 92.3 Å². The molecule has 1 heterocycles. The van der Waals surface area contributed by atoms with Gasteiger partial charge in [0.1, 0.15) is 6.04 Å². The van der Waals surface area contributed by atoms with Crippen LogP contribution in [0.5, 0.6) is 0 Å². The molecule has 2 aromatic rings. The molecule has 0 aliphatic carbocycles. The number of aryl methyl sites for hydroxylation is 1. The number of hydrogen-bond donors (Lipinski definition) is 1. The standard InChI is InChI=1S/C15H20N4O3S3/c1-5-12(13(20)16-14-17-18-15(23-3)24-14)19(25(4,21)22)11-8-6-10(2)7-9-11/h6-9,12H,5H2,1-4H3,(H,16,17,20)/t12-/m1/s1. The molecule has 0 unspecified atom stereocenters. The lowest BCUT2D eigenvalue weighted by Crippen LogP contribution is -2.47. The van der Waals surface area contributed by atoms with Crippen LogP contribution >= 0.6 is 23.1 Å². The molecule has 0 fully saturated rings. The average Bonchev–Trinajstić information content (AvgIpc) is 3.00. The molecule has 2 rings (SSSR count). The molecule has 0 aliphatic rings. The summed E-state index contributed by atoms with van der Waals surface area (Å²) in [5.41, 5.74) is 1.46. The minimum atomic E-state index is -3.64. The third-order valence-corrected chi connectivity index (χ3v) is 6.42. The van der Waals surface area contributed by atoms with Gasteiger partial charge in [0.2, 0.25) is 21.1 Å². The Morgan fingerprint density at radius 1 is 1.32 bits per heavy atom. The molecule has 1 amide bonds. The maximum Gasteiger partial charge on any atom is 0.250 e. The zero-order valence-corrected chi connectivity index (χ0v) is 16.8. The van der Waals surface area contributed by atoms with E-state index in [-0.39, 0.29) is 0 Å². The highest BCUT2D eigenvalue weighted by atomic mass is 32.2. The molecule has 0 radical (unpaired) electrons. The molecule has 1 N–H and O–H groups in total. The molecule has 0 spiro atoms. The van der Waals surface area contributed by atoms with Crippen molar-refractivity contribution in [3.8, 4) is 0 Å². The number of nitrogens with one attached hydrogen (secondary N) is 1. The van der Waals surface area contributed by atoms with Gasteiger partial charge in [-0.2, -0.15) is 0 Å². The van der Waals surface area contributed by atoms with Crippen molar-refractivity contribution in [2.24, 2.45) is 0 Å². The van der Waals surface area contributed by atoms with E-state index < -0.39 is 22.0 Å². The van der Waals surface area contributed by atoms with Gasteiger partial charge in [-0.05, 0) is 31.7 Å². The van der Waals surface area contributed by atoms with Crippen LogP contribution in [0.25, 0.3) is 0 Å². The summed E-state index contributed by atoms with van der Waals surface area (Å²) >= 11 is 2.67. The summed E-state index contributed by atoms with van der Waals surface area (Å²) < 4.78 is 26.6. The fourth-order valence-electron chi connectivity index (χ4n) is 2.28. The Balaban J connectivity index is 2.32. The Bertz CT molecular complexity index is 834. The predicted molar refractivity (Wildman–Crippen MR) is 103 cm³/mol. The number of hydrogen-bond acceptors (Lipinski definition) is 7. The highest BCUT2D eigenvalue weighted by molar-refractivity contribution is 8.00. The number of rotatable bonds is 7. The fourth-order valence-corrected chi connectivity index (χ4v) is 4.67. The van der Waals surface area contributed by atoms with E-state index in [9.17, 15) is 13.2 Å². The first kappa shape index (κ1) is 19.7. The Labute approximate surface area is 155 Å². The van der Waals surface area contributed by atoms with Gasteiger partial charge < -0.3 is 0 Å². The second kappa shape index (κ2) is 8.15. The smallest absolute Gasteiger partial charge is 0.250 e. The normalized spacial score (nSPS) is 12.6. The van der Waals surface area contributed by atoms with Crippen LogP contribution in [0, 0.1) is 6.92 Å². The maximum atomic E-state index is 12.7. The molecule has 1 aromatic carbocycles. The summed E-state index contributed by atoms with van der Waals surface area (Å²) in [6.45, 7) is 3.68. The number of benzene rings is 1. The Kier molecular flexibility index (Phi) is 6.42. The number of aromatic nitrogens is 2. The first-order valence-corrected chi connectivity index (χ1v) is 11.4. The van der Waals surface area contributed by atoms with Crippen molar-refractivity contribution < 1.29 is 13.2 Å². The average molecular weight is 401 g/mol. The summed E-state index contributed by atoms with van der Waals surface area (Å²) in [4.78, 5) is 12.7. The Morgan fingerprint density at radius 2 is 1.96 bits per heavy atom. The van der Waals surface area contributed by atoms with Crippen LogP contribution < -0.4 is 9.62 Å². The van der Waals surface area contributed by atoms with E-state index in [1.165, 1.54) is 23.1 Å². The van der Waals surface area contributed by atoms with Crippen molar-refractivity contribution in [2.45, 2.75) is 30.6 Å². The molecule has 10 heteroatoms. The minimum Gasteiger partial charge on any atom is -0.299 e. The van der Waals surface area contributed by atoms with E-state index in [1.807, 2.05) is 25.3 Å². The number of amides is 1. The molecular weight excluding hydrogens is 380 g/mol. The van der Waals surface area contributed by atoms with E-state index >= 15 is 0 Å². The monoisotopic (exact) mass is 400 g/mol. The van der Waals surface area contributed by atoms with Crippen LogP contribution in [0.2, 0.25) is 0 Å².